The van der Waals surface area contributed by atoms with Crippen molar-refractivity contribution in [2.75, 3.05) is 6.61 Å². The Morgan fingerprint density at radius 3 is 2.76 bits per heavy atom. The second-order valence-corrected chi connectivity index (χ2v) is 6.62. The highest BCUT2D eigenvalue weighted by molar-refractivity contribution is 9.10. The minimum atomic E-state index is -0.446. The predicted octanol–water partition coefficient (Wildman–Crippen LogP) is 4.63. The first-order valence-corrected chi connectivity index (χ1v) is 8.66. The van der Waals surface area contributed by atoms with Gasteiger partial charge in [-0.3, -0.25) is 5.32 Å². The van der Waals surface area contributed by atoms with Gasteiger partial charge in [0.2, 0.25) is 0 Å². The molecule has 3 nitrogen and oxygen atoms in total. The lowest BCUT2D eigenvalue weighted by Gasteiger charge is -2.27. The number of esters is 1. The van der Waals surface area contributed by atoms with Gasteiger partial charge in [-0.2, -0.15) is 0 Å². The van der Waals surface area contributed by atoms with Crippen LogP contribution in [-0.2, 0) is 9.53 Å². The van der Waals surface area contributed by atoms with Crippen LogP contribution in [0.25, 0.3) is 0 Å². The number of carbonyl (C=O) groups excluding carboxylic acids is 1. The topological polar surface area (TPSA) is 38.3 Å². The quantitative estimate of drug-likeness (QED) is 0.764. The summed E-state index contributed by atoms with van der Waals surface area (Å²) in [5.41, 5.74) is 0.854. The Kier molecular flexibility index (Phi) is 6.52. The fourth-order valence-electron chi connectivity index (χ4n) is 2.72. The summed E-state index contributed by atoms with van der Waals surface area (Å²) in [5, 5.41) is 4.06. The van der Waals surface area contributed by atoms with Crippen LogP contribution in [0, 0.1) is 0 Å². The summed E-state index contributed by atoms with van der Waals surface area (Å²) in [7, 11) is 0. The van der Waals surface area contributed by atoms with E-state index in [9.17, 15) is 4.79 Å². The first kappa shape index (κ1) is 16.8. The van der Waals surface area contributed by atoms with Gasteiger partial charge < -0.3 is 4.74 Å². The number of ether oxygens (including phenoxy) is 1. The molecule has 1 atom stereocenters. The normalized spacial score (nSPS) is 17.5. The van der Waals surface area contributed by atoms with E-state index in [4.69, 9.17) is 16.3 Å². The Hall–Kier alpha value is -0.580. The molecule has 0 heterocycles. The number of halogens is 2. The van der Waals surface area contributed by atoms with Crippen molar-refractivity contribution in [3.63, 3.8) is 0 Å². The van der Waals surface area contributed by atoms with Crippen molar-refractivity contribution in [1.29, 1.82) is 0 Å². The molecular formula is C16H21BrClNO2. The van der Waals surface area contributed by atoms with Gasteiger partial charge in [-0.25, -0.2) is 4.79 Å². The standard InChI is InChI=1S/C16H21BrClNO2/c1-2-21-16(20)15(19-12-6-4-3-5-7-12)11-8-9-13(17)14(18)10-11/h8-10,12,15,19H,2-7H2,1H3. The maximum atomic E-state index is 12.3. The van der Waals surface area contributed by atoms with Gasteiger partial charge in [-0.15, -0.1) is 0 Å². The number of benzene rings is 1. The van der Waals surface area contributed by atoms with Crippen LogP contribution in [0.3, 0.4) is 0 Å². The molecule has 0 amide bonds. The molecule has 1 N–H and O–H groups in total. The molecule has 1 fully saturated rings. The molecule has 21 heavy (non-hydrogen) atoms. The number of hydrogen-bond donors (Lipinski definition) is 1. The molecule has 0 spiro atoms. The number of hydrogen-bond acceptors (Lipinski definition) is 3. The maximum Gasteiger partial charge on any atom is 0.327 e. The Morgan fingerprint density at radius 1 is 1.43 bits per heavy atom. The van der Waals surface area contributed by atoms with Gasteiger partial charge in [0.05, 0.1) is 11.6 Å². The van der Waals surface area contributed by atoms with Crippen LogP contribution >= 0.6 is 27.5 Å². The SMILES string of the molecule is CCOC(=O)C(NC1CCCCC1)c1ccc(Br)c(Cl)c1. The second kappa shape index (κ2) is 8.16. The van der Waals surface area contributed by atoms with Gasteiger partial charge in [0.1, 0.15) is 6.04 Å². The summed E-state index contributed by atoms with van der Waals surface area (Å²) in [6.45, 7) is 2.20. The van der Waals surface area contributed by atoms with Gasteiger partial charge in [-0.1, -0.05) is 36.9 Å². The van der Waals surface area contributed by atoms with E-state index in [1.54, 1.807) is 0 Å². The second-order valence-electron chi connectivity index (χ2n) is 5.36. The third kappa shape index (κ3) is 4.70. The van der Waals surface area contributed by atoms with E-state index in [1.807, 2.05) is 25.1 Å². The predicted molar refractivity (Wildman–Crippen MR) is 88.5 cm³/mol. The summed E-state index contributed by atoms with van der Waals surface area (Å²) in [6, 6.07) is 5.53. The first-order chi connectivity index (χ1) is 10.1. The average Bonchev–Trinajstić information content (AvgIpc) is 2.49. The highest BCUT2D eigenvalue weighted by atomic mass is 79.9. The third-order valence-corrected chi connectivity index (χ3v) is 5.04. The van der Waals surface area contributed by atoms with E-state index in [0.717, 1.165) is 22.9 Å². The largest absolute Gasteiger partial charge is 0.465 e. The Morgan fingerprint density at radius 2 is 2.14 bits per heavy atom. The van der Waals surface area contributed by atoms with E-state index < -0.39 is 6.04 Å². The molecule has 1 aliphatic rings. The molecule has 0 saturated heterocycles. The molecule has 1 aromatic rings. The molecule has 0 aliphatic heterocycles. The zero-order valence-corrected chi connectivity index (χ0v) is 14.5. The lowest BCUT2D eigenvalue weighted by Crippen LogP contribution is -2.39. The van der Waals surface area contributed by atoms with Crippen LogP contribution in [0.2, 0.25) is 5.02 Å². The molecule has 0 aromatic heterocycles. The third-order valence-electron chi connectivity index (χ3n) is 3.81. The van der Waals surface area contributed by atoms with E-state index in [0.29, 0.717) is 17.7 Å². The molecule has 0 bridgehead atoms. The number of rotatable bonds is 5. The fourth-order valence-corrected chi connectivity index (χ4v) is 3.16. The van der Waals surface area contributed by atoms with Crippen LogP contribution < -0.4 is 5.32 Å². The van der Waals surface area contributed by atoms with Crippen molar-refractivity contribution in [2.45, 2.75) is 51.1 Å². The summed E-state index contributed by atoms with van der Waals surface area (Å²) >= 11 is 9.53. The van der Waals surface area contributed by atoms with Crippen LogP contribution in [0.5, 0.6) is 0 Å². The maximum absolute atomic E-state index is 12.3. The van der Waals surface area contributed by atoms with Crippen LogP contribution in [0.4, 0.5) is 0 Å². The van der Waals surface area contributed by atoms with Crippen molar-refractivity contribution in [1.82, 2.24) is 5.32 Å². The van der Waals surface area contributed by atoms with E-state index in [1.165, 1.54) is 19.3 Å². The fraction of sp³-hybridized carbons (Fsp3) is 0.562. The van der Waals surface area contributed by atoms with Gasteiger partial charge in [0.25, 0.3) is 0 Å². The Bertz CT molecular complexity index is 489. The minimum absolute atomic E-state index is 0.235. The molecule has 0 radical (unpaired) electrons. The van der Waals surface area contributed by atoms with Gasteiger partial charge >= 0.3 is 5.97 Å². The van der Waals surface area contributed by atoms with Gasteiger partial charge in [-0.05, 0) is 53.4 Å². The molecule has 5 heteroatoms. The van der Waals surface area contributed by atoms with Crippen molar-refractivity contribution in [2.24, 2.45) is 0 Å². The highest BCUT2D eigenvalue weighted by Crippen LogP contribution is 2.28. The summed E-state index contributed by atoms with van der Waals surface area (Å²) in [4.78, 5) is 12.3. The lowest BCUT2D eigenvalue weighted by atomic mass is 9.94. The molecule has 1 aromatic carbocycles. The Balaban J connectivity index is 2.17. The minimum Gasteiger partial charge on any atom is -0.465 e. The zero-order chi connectivity index (χ0) is 15.2. The monoisotopic (exact) mass is 373 g/mol. The van der Waals surface area contributed by atoms with Gasteiger partial charge in [0, 0.05) is 10.5 Å². The van der Waals surface area contributed by atoms with Gasteiger partial charge in [0.15, 0.2) is 0 Å². The summed E-state index contributed by atoms with van der Waals surface area (Å²) in [6.07, 6.45) is 5.94. The lowest BCUT2D eigenvalue weighted by molar-refractivity contribution is -0.146. The van der Waals surface area contributed by atoms with Crippen molar-refractivity contribution >= 4 is 33.5 Å². The molecular weight excluding hydrogens is 354 g/mol. The van der Waals surface area contributed by atoms with E-state index in [2.05, 4.69) is 21.2 Å². The van der Waals surface area contributed by atoms with Crippen molar-refractivity contribution in [3.8, 4) is 0 Å². The van der Waals surface area contributed by atoms with Crippen LogP contribution in [0.1, 0.15) is 50.6 Å². The molecule has 2 rings (SSSR count). The molecule has 1 aliphatic carbocycles. The first-order valence-electron chi connectivity index (χ1n) is 7.49. The van der Waals surface area contributed by atoms with Crippen molar-refractivity contribution in [3.05, 3.63) is 33.3 Å². The summed E-state index contributed by atoms with van der Waals surface area (Å²) in [5.74, 6) is -0.235. The zero-order valence-electron chi connectivity index (χ0n) is 12.2. The van der Waals surface area contributed by atoms with E-state index in [-0.39, 0.29) is 5.97 Å². The van der Waals surface area contributed by atoms with Crippen LogP contribution in [-0.4, -0.2) is 18.6 Å². The van der Waals surface area contributed by atoms with E-state index >= 15 is 0 Å². The summed E-state index contributed by atoms with van der Waals surface area (Å²) < 4.78 is 6.04. The molecule has 1 saturated carbocycles. The Labute approximate surface area is 139 Å². The number of carbonyl (C=O) groups is 1. The number of nitrogens with one attached hydrogen (secondary N) is 1. The molecule has 1 unspecified atom stereocenters. The average molecular weight is 375 g/mol. The molecule has 116 valence electrons. The van der Waals surface area contributed by atoms with Crippen LogP contribution in [0.15, 0.2) is 22.7 Å². The smallest absolute Gasteiger partial charge is 0.327 e. The highest BCUT2D eigenvalue weighted by Gasteiger charge is 2.26. The van der Waals surface area contributed by atoms with Crippen molar-refractivity contribution < 1.29 is 9.53 Å².